The van der Waals surface area contributed by atoms with E-state index in [4.69, 9.17) is 0 Å². The predicted molar refractivity (Wildman–Crippen MR) is 73.4 cm³/mol. The van der Waals surface area contributed by atoms with Crippen molar-refractivity contribution in [3.63, 3.8) is 0 Å². The molecule has 1 heterocycles. The number of hydrogen-bond acceptors (Lipinski definition) is 3. The first-order valence-electron chi connectivity index (χ1n) is 7.40. The maximum Gasteiger partial charge on any atom is 0.0110 e. The fourth-order valence-corrected chi connectivity index (χ4v) is 2.63. The molecule has 2 fully saturated rings. The minimum Gasteiger partial charge on any atom is -0.317 e. The van der Waals surface area contributed by atoms with Gasteiger partial charge in [0.1, 0.15) is 0 Å². The van der Waals surface area contributed by atoms with Crippen LogP contribution in [0.15, 0.2) is 0 Å². The van der Waals surface area contributed by atoms with E-state index in [0.717, 1.165) is 5.92 Å². The number of nitrogens with zero attached hydrogens (tertiary/aromatic N) is 2. The Morgan fingerprint density at radius 1 is 1.12 bits per heavy atom. The Labute approximate surface area is 107 Å². The topological polar surface area (TPSA) is 18.5 Å². The summed E-state index contributed by atoms with van der Waals surface area (Å²) in [6.45, 7) is 10.1. The van der Waals surface area contributed by atoms with Gasteiger partial charge in [0, 0.05) is 38.8 Å². The summed E-state index contributed by atoms with van der Waals surface area (Å²) in [5.74, 6) is 1.05. The fraction of sp³-hybridized carbons (Fsp3) is 1.00. The third-order valence-corrected chi connectivity index (χ3v) is 4.28. The van der Waals surface area contributed by atoms with Crippen molar-refractivity contribution in [2.75, 3.05) is 46.3 Å². The number of rotatable bonds is 7. The van der Waals surface area contributed by atoms with Crippen LogP contribution >= 0.6 is 0 Å². The van der Waals surface area contributed by atoms with E-state index < -0.39 is 0 Å². The van der Waals surface area contributed by atoms with Gasteiger partial charge in [-0.15, -0.1) is 0 Å². The fourth-order valence-electron chi connectivity index (χ4n) is 2.63. The highest BCUT2D eigenvalue weighted by atomic mass is 15.3. The van der Waals surface area contributed by atoms with Crippen LogP contribution in [0.2, 0.25) is 0 Å². The van der Waals surface area contributed by atoms with Crippen molar-refractivity contribution >= 4 is 0 Å². The summed E-state index contributed by atoms with van der Waals surface area (Å²) in [6, 6.07) is 0.672. The van der Waals surface area contributed by atoms with Crippen LogP contribution in [0.4, 0.5) is 0 Å². The van der Waals surface area contributed by atoms with Gasteiger partial charge in [0.25, 0.3) is 0 Å². The predicted octanol–water partition coefficient (Wildman–Crippen LogP) is 1.40. The SMILES string of the molecule is CNC(C)CCCN1CCN(CC2CC2)CC1. The van der Waals surface area contributed by atoms with E-state index >= 15 is 0 Å². The highest BCUT2D eigenvalue weighted by molar-refractivity contribution is 4.80. The maximum absolute atomic E-state index is 3.31. The van der Waals surface area contributed by atoms with Gasteiger partial charge in [-0.2, -0.15) is 0 Å². The van der Waals surface area contributed by atoms with Crippen LogP contribution in [0.5, 0.6) is 0 Å². The molecule has 3 heteroatoms. The number of piperazine rings is 1. The summed E-state index contributed by atoms with van der Waals surface area (Å²) in [5, 5.41) is 3.31. The molecule has 0 aromatic heterocycles. The Bertz CT molecular complexity index is 208. The van der Waals surface area contributed by atoms with E-state index in [1.165, 1.54) is 65.0 Å². The summed E-state index contributed by atoms with van der Waals surface area (Å²) < 4.78 is 0. The first-order valence-corrected chi connectivity index (χ1v) is 7.40. The lowest BCUT2D eigenvalue weighted by atomic mass is 10.1. The molecule has 1 saturated carbocycles. The van der Waals surface area contributed by atoms with Crippen molar-refractivity contribution in [2.45, 2.75) is 38.6 Å². The van der Waals surface area contributed by atoms with Crippen molar-refractivity contribution in [1.29, 1.82) is 0 Å². The average Bonchev–Trinajstić information content (AvgIpc) is 3.15. The molecule has 0 aromatic carbocycles. The van der Waals surface area contributed by atoms with E-state index in [1.807, 2.05) is 0 Å². The van der Waals surface area contributed by atoms with Crippen LogP contribution in [-0.2, 0) is 0 Å². The van der Waals surface area contributed by atoms with Crippen LogP contribution in [0, 0.1) is 5.92 Å². The third kappa shape index (κ3) is 4.94. The standard InChI is InChI=1S/C14H29N3/c1-13(15-2)4-3-7-16-8-10-17(11-9-16)12-14-5-6-14/h13-15H,3-12H2,1-2H3. The average molecular weight is 239 g/mol. The molecule has 1 saturated heterocycles. The highest BCUT2D eigenvalue weighted by Crippen LogP contribution is 2.29. The lowest BCUT2D eigenvalue weighted by Crippen LogP contribution is -2.47. The maximum atomic E-state index is 3.31. The molecule has 1 unspecified atom stereocenters. The molecule has 1 aliphatic heterocycles. The Kier molecular flexibility index (Phi) is 5.26. The van der Waals surface area contributed by atoms with E-state index in [1.54, 1.807) is 0 Å². The molecule has 17 heavy (non-hydrogen) atoms. The van der Waals surface area contributed by atoms with Gasteiger partial charge in [-0.1, -0.05) is 0 Å². The largest absolute Gasteiger partial charge is 0.317 e. The van der Waals surface area contributed by atoms with Crippen molar-refractivity contribution in [3.8, 4) is 0 Å². The summed E-state index contributed by atoms with van der Waals surface area (Å²) in [7, 11) is 2.06. The first kappa shape index (κ1) is 13.3. The number of nitrogens with one attached hydrogen (secondary N) is 1. The Morgan fingerprint density at radius 2 is 1.76 bits per heavy atom. The monoisotopic (exact) mass is 239 g/mol. The molecule has 0 spiro atoms. The van der Waals surface area contributed by atoms with Gasteiger partial charge in [0.2, 0.25) is 0 Å². The van der Waals surface area contributed by atoms with E-state index in [-0.39, 0.29) is 0 Å². The van der Waals surface area contributed by atoms with Crippen LogP contribution < -0.4 is 5.32 Å². The molecule has 0 radical (unpaired) electrons. The zero-order valence-corrected chi connectivity index (χ0v) is 11.6. The van der Waals surface area contributed by atoms with Crippen molar-refractivity contribution in [2.24, 2.45) is 5.92 Å². The van der Waals surface area contributed by atoms with Gasteiger partial charge in [0.15, 0.2) is 0 Å². The van der Waals surface area contributed by atoms with Gasteiger partial charge < -0.3 is 15.1 Å². The molecule has 0 amide bonds. The lowest BCUT2D eigenvalue weighted by Gasteiger charge is -2.34. The molecule has 3 nitrogen and oxygen atoms in total. The van der Waals surface area contributed by atoms with Gasteiger partial charge in [-0.05, 0) is 52.1 Å². The second kappa shape index (κ2) is 6.72. The molecule has 1 atom stereocenters. The minimum atomic E-state index is 0.672. The molecule has 0 bridgehead atoms. The Hall–Kier alpha value is -0.120. The van der Waals surface area contributed by atoms with Crippen molar-refractivity contribution < 1.29 is 0 Å². The van der Waals surface area contributed by atoms with Gasteiger partial charge in [-0.3, -0.25) is 0 Å². The first-order chi connectivity index (χ1) is 8.28. The zero-order valence-electron chi connectivity index (χ0n) is 11.6. The second-order valence-electron chi connectivity index (χ2n) is 5.92. The van der Waals surface area contributed by atoms with E-state index in [2.05, 4.69) is 29.1 Å². The van der Waals surface area contributed by atoms with Crippen LogP contribution in [0.1, 0.15) is 32.6 Å². The summed E-state index contributed by atoms with van der Waals surface area (Å²) in [5.41, 5.74) is 0. The Morgan fingerprint density at radius 3 is 2.35 bits per heavy atom. The quantitative estimate of drug-likeness (QED) is 0.724. The van der Waals surface area contributed by atoms with Gasteiger partial charge in [0.05, 0.1) is 0 Å². The smallest absolute Gasteiger partial charge is 0.0110 e. The Balaban J connectivity index is 1.52. The van der Waals surface area contributed by atoms with Crippen molar-refractivity contribution in [1.82, 2.24) is 15.1 Å². The molecular weight excluding hydrogens is 210 g/mol. The zero-order chi connectivity index (χ0) is 12.1. The van der Waals surface area contributed by atoms with E-state index in [9.17, 15) is 0 Å². The molecule has 0 aromatic rings. The molecule has 2 rings (SSSR count). The molecule has 1 N–H and O–H groups in total. The molecule has 100 valence electrons. The van der Waals surface area contributed by atoms with Crippen LogP contribution in [0.3, 0.4) is 0 Å². The normalized spacial score (nSPS) is 25.1. The summed E-state index contributed by atoms with van der Waals surface area (Å²) in [6.07, 6.45) is 5.62. The van der Waals surface area contributed by atoms with Gasteiger partial charge >= 0.3 is 0 Å². The number of hydrogen-bond donors (Lipinski definition) is 1. The molecule has 2 aliphatic rings. The summed E-state index contributed by atoms with van der Waals surface area (Å²) >= 11 is 0. The van der Waals surface area contributed by atoms with Crippen LogP contribution in [0.25, 0.3) is 0 Å². The van der Waals surface area contributed by atoms with E-state index in [0.29, 0.717) is 6.04 Å². The second-order valence-corrected chi connectivity index (χ2v) is 5.92. The van der Waals surface area contributed by atoms with Crippen LogP contribution in [-0.4, -0.2) is 62.2 Å². The molecular formula is C14H29N3. The van der Waals surface area contributed by atoms with Crippen molar-refractivity contribution in [3.05, 3.63) is 0 Å². The summed E-state index contributed by atoms with van der Waals surface area (Å²) in [4.78, 5) is 5.32. The third-order valence-electron chi connectivity index (χ3n) is 4.28. The van der Waals surface area contributed by atoms with Gasteiger partial charge in [-0.25, -0.2) is 0 Å². The lowest BCUT2D eigenvalue weighted by molar-refractivity contribution is 0.126. The minimum absolute atomic E-state index is 0.672. The molecule has 1 aliphatic carbocycles. The highest BCUT2D eigenvalue weighted by Gasteiger charge is 2.26.